The third-order valence-electron chi connectivity index (χ3n) is 1.83. The summed E-state index contributed by atoms with van der Waals surface area (Å²) in [4.78, 5) is 23.3. The second-order valence-corrected chi connectivity index (χ2v) is 2.99. The van der Waals surface area contributed by atoms with E-state index in [0.29, 0.717) is 0 Å². The predicted octanol–water partition coefficient (Wildman–Crippen LogP) is 0.112. The second-order valence-electron chi connectivity index (χ2n) is 2.99. The lowest BCUT2D eigenvalue weighted by Gasteiger charge is -2.05. The van der Waals surface area contributed by atoms with Crippen molar-refractivity contribution in [1.29, 1.82) is 0 Å². The minimum absolute atomic E-state index is 0.190. The van der Waals surface area contributed by atoms with Crippen LogP contribution < -0.4 is 5.43 Å². The van der Waals surface area contributed by atoms with Gasteiger partial charge in [0.1, 0.15) is 0 Å². The maximum absolute atomic E-state index is 11.7. The van der Waals surface area contributed by atoms with Gasteiger partial charge in [-0.05, 0) is 19.9 Å². The number of ether oxygens (including phenoxy) is 2. The summed E-state index contributed by atoms with van der Waals surface area (Å²) in [5.41, 5.74) is 2.53. The SMILES string of the molecule is CCOC(=O)C(C(=O)OCC)=[N+]1C=CC=CN1. The molecule has 0 amide bonds. The molecule has 0 aromatic rings. The molecule has 1 aliphatic rings. The van der Waals surface area contributed by atoms with Crippen LogP contribution in [0.25, 0.3) is 0 Å². The van der Waals surface area contributed by atoms with E-state index in [1.54, 1.807) is 32.2 Å². The number of nitrogens with zero attached hydrogens (tertiary/aromatic N) is 1. The number of nitrogens with one attached hydrogen (secondary N) is 1. The first-order valence-corrected chi connectivity index (χ1v) is 5.30. The Morgan fingerprint density at radius 1 is 1.12 bits per heavy atom. The lowest BCUT2D eigenvalue weighted by atomic mass is 10.3. The quantitative estimate of drug-likeness (QED) is 0.428. The van der Waals surface area contributed by atoms with E-state index in [0.717, 1.165) is 0 Å². The largest absolute Gasteiger partial charge is 0.458 e. The predicted molar refractivity (Wildman–Crippen MR) is 59.9 cm³/mol. The Labute approximate surface area is 99.2 Å². The van der Waals surface area contributed by atoms with Crippen molar-refractivity contribution >= 4 is 17.7 Å². The van der Waals surface area contributed by atoms with Crippen LogP contribution in [0.1, 0.15) is 13.8 Å². The van der Waals surface area contributed by atoms with Gasteiger partial charge >= 0.3 is 17.7 Å². The molecule has 0 atom stereocenters. The van der Waals surface area contributed by atoms with Gasteiger partial charge in [0.2, 0.25) is 6.20 Å². The molecule has 0 saturated carbocycles. The molecule has 1 N–H and O–H groups in total. The number of hydrazone groups is 1. The van der Waals surface area contributed by atoms with E-state index in [1.165, 1.54) is 10.9 Å². The Morgan fingerprint density at radius 2 is 1.71 bits per heavy atom. The smallest absolute Gasteiger partial charge is 0.414 e. The maximum atomic E-state index is 11.7. The highest BCUT2D eigenvalue weighted by Crippen LogP contribution is 1.94. The Bertz CT molecular complexity index is 376. The molecule has 92 valence electrons. The molecule has 1 aliphatic heterocycles. The summed E-state index contributed by atoms with van der Waals surface area (Å²) in [5.74, 6) is -1.45. The molecule has 0 aromatic carbocycles. The fourth-order valence-corrected chi connectivity index (χ4v) is 1.18. The molecular weight excluding hydrogens is 224 g/mol. The lowest BCUT2D eigenvalue weighted by molar-refractivity contribution is -0.510. The molecule has 6 heteroatoms. The fourth-order valence-electron chi connectivity index (χ4n) is 1.18. The van der Waals surface area contributed by atoms with Crippen molar-refractivity contribution in [2.24, 2.45) is 0 Å². The van der Waals surface area contributed by atoms with E-state index >= 15 is 0 Å². The lowest BCUT2D eigenvalue weighted by Crippen LogP contribution is -2.40. The number of hydrogen-bond donors (Lipinski definition) is 1. The summed E-state index contributed by atoms with van der Waals surface area (Å²) in [6, 6.07) is 0. The number of hydrogen-bond acceptors (Lipinski definition) is 5. The molecule has 1 rings (SSSR count). The maximum Gasteiger partial charge on any atom is 0.414 e. The fraction of sp³-hybridized carbons (Fsp3) is 0.364. The molecule has 0 saturated heterocycles. The highest BCUT2D eigenvalue weighted by atomic mass is 16.6. The summed E-state index contributed by atoms with van der Waals surface area (Å²) in [7, 11) is 0. The van der Waals surface area contributed by atoms with Crippen LogP contribution in [0.5, 0.6) is 0 Å². The Kier molecular flexibility index (Phi) is 4.93. The van der Waals surface area contributed by atoms with Gasteiger partial charge in [0.05, 0.1) is 19.4 Å². The Hall–Kier alpha value is -2.11. The van der Waals surface area contributed by atoms with E-state index < -0.39 is 11.9 Å². The zero-order valence-corrected chi connectivity index (χ0v) is 9.80. The molecule has 1 heterocycles. The van der Waals surface area contributed by atoms with E-state index in [-0.39, 0.29) is 18.9 Å². The van der Waals surface area contributed by atoms with Crippen LogP contribution in [0, 0.1) is 0 Å². The highest BCUT2D eigenvalue weighted by Gasteiger charge is 2.34. The molecule has 0 aromatic heterocycles. The van der Waals surface area contributed by atoms with Crippen molar-refractivity contribution < 1.29 is 23.7 Å². The Morgan fingerprint density at radius 3 is 2.12 bits per heavy atom. The number of esters is 2. The first-order valence-electron chi connectivity index (χ1n) is 5.30. The van der Waals surface area contributed by atoms with Crippen molar-refractivity contribution in [3.8, 4) is 0 Å². The average Bonchev–Trinajstić information content (AvgIpc) is 2.31. The third kappa shape index (κ3) is 3.44. The van der Waals surface area contributed by atoms with Crippen LogP contribution in [0.4, 0.5) is 0 Å². The van der Waals surface area contributed by atoms with Gasteiger partial charge in [0.25, 0.3) is 0 Å². The number of rotatable bonds is 4. The van der Waals surface area contributed by atoms with Gasteiger partial charge in [0.15, 0.2) is 0 Å². The molecule has 17 heavy (non-hydrogen) atoms. The van der Waals surface area contributed by atoms with Crippen molar-refractivity contribution in [2.45, 2.75) is 13.8 Å². The number of allylic oxidation sites excluding steroid dienone is 2. The molecule has 6 nitrogen and oxygen atoms in total. The van der Waals surface area contributed by atoms with E-state index in [4.69, 9.17) is 9.47 Å². The number of carbonyl (C=O) groups is 2. The third-order valence-corrected chi connectivity index (χ3v) is 1.83. The summed E-state index contributed by atoms with van der Waals surface area (Å²) < 4.78 is 10.9. The number of carbonyl (C=O) groups excluding carboxylic acids is 2. The van der Waals surface area contributed by atoms with Gasteiger partial charge in [-0.1, -0.05) is 4.68 Å². The first-order chi connectivity index (χ1) is 8.20. The summed E-state index contributed by atoms with van der Waals surface area (Å²) >= 11 is 0. The van der Waals surface area contributed by atoms with Gasteiger partial charge in [-0.2, -0.15) is 5.43 Å². The second kappa shape index (κ2) is 6.47. The molecule has 0 radical (unpaired) electrons. The Balaban J connectivity index is 3.01. The van der Waals surface area contributed by atoms with Crippen LogP contribution >= 0.6 is 0 Å². The van der Waals surface area contributed by atoms with Crippen LogP contribution in [0.15, 0.2) is 24.6 Å². The number of hydrazine groups is 1. The summed E-state index contributed by atoms with van der Waals surface area (Å²) in [5, 5.41) is 0. The molecule has 0 fully saturated rings. The van der Waals surface area contributed by atoms with Crippen LogP contribution in [-0.4, -0.2) is 35.5 Å². The van der Waals surface area contributed by atoms with Gasteiger partial charge < -0.3 is 9.47 Å². The normalized spacial score (nSPS) is 12.9. The van der Waals surface area contributed by atoms with Crippen molar-refractivity contribution in [1.82, 2.24) is 5.43 Å². The van der Waals surface area contributed by atoms with Gasteiger partial charge in [-0.15, -0.1) is 0 Å². The average molecular weight is 239 g/mol. The van der Waals surface area contributed by atoms with Gasteiger partial charge in [-0.25, -0.2) is 9.59 Å². The van der Waals surface area contributed by atoms with E-state index in [2.05, 4.69) is 5.43 Å². The van der Waals surface area contributed by atoms with Crippen LogP contribution in [0.3, 0.4) is 0 Å². The molecule has 0 bridgehead atoms. The zero-order valence-electron chi connectivity index (χ0n) is 9.80. The van der Waals surface area contributed by atoms with Gasteiger partial charge in [0, 0.05) is 6.08 Å². The van der Waals surface area contributed by atoms with Crippen molar-refractivity contribution in [3.63, 3.8) is 0 Å². The van der Waals surface area contributed by atoms with Crippen LogP contribution in [-0.2, 0) is 19.1 Å². The van der Waals surface area contributed by atoms with Crippen molar-refractivity contribution in [3.05, 3.63) is 24.6 Å². The monoisotopic (exact) mass is 239 g/mol. The van der Waals surface area contributed by atoms with E-state index in [1.807, 2.05) is 0 Å². The highest BCUT2D eigenvalue weighted by molar-refractivity contribution is 6.60. The minimum atomic E-state index is -0.724. The van der Waals surface area contributed by atoms with Crippen LogP contribution in [0.2, 0.25) is 0 Å². The molecule has 0 spiro atoms. The van der Waals surface area contributed by atoms with Crippen molar-refractivity contribution in [2.75, 3.05) is 13.2 Å². The molecular formula is C11H15N2O4+. The minimum Gasteiger partial charge on any atom is -0.458 e. The molecule has 0 unspecified atom stereocenters. The standard InChI is InChI=1S/C11H14N2O4/c1-3-16-10(14)9(11(15)17-4-2)13-8-6-5-7-12-13/h5-8H,3-4H2,1-2H3/p+1. The topological polar surface area (TPSA) is 67.6 Å². The van der Waals surface area contributed by atoms with E-state index in [9.17, 15) is 9.59 Å². The zero-order chi connectivity index (χ0) is 12.7. The first kappa shape index (κ1) is 13.0. The summed E-state index contributed by atoms with van der Waals surface area (Å²) in [6.45, 7) is 3.71. The molecule has 0 aliphatic carbocycles. The summed E-state index contributed by atoms with van der Waals surface area (Å²) in [6.07, 6.45) is 6.51. The van der Waals surface area contributed by atoms with Gasteiger partial charge in [-0.3, -0.25) is 0 Å².